The van der Waals surface area contributed by atoms with Crippen molar-refractivity contribution >= 4 is 0 Å². The standard InChI is InChI=1S/C10H16O2/c1-9(11)7-2-6-3-10(12,4-7)5-8(6)9/h6-8,11-12H,2-5H2,1H3. The van der Waals surface area contributed by atoms with Crippen LogP contribution in [0.5, 0.6) is 0 Å². The Kier molecular flexibility index (Phi) is 1.06. The largest absolute Gasteiger partial charge is 0.390 e. The third-order valence-corrected chi connectivity index (χ3v) is 4.60. The molecule has 4 aliphatic rings. The van der Waals surface area contributed by atoms with Crippen molar-refractivity contribution in [1.82, 2.24) is 0 Å². The zero-order valence-corrected chi connectivity index (χ0v) is 7.45. The van der Waals surface area contributed by atoms with Crippen LogP contribution in [0.15, 0.2) is 0 Å². The highest BCUT2D eigenvalue weighted by Gasteiger charge is 2.64. The molecular weight excluding hydrogens is 152 g/mol. The molecule has 2 nitrogen and oxygen atoms in total. The van der Waals surface area contributed by atoms with Gasteiger partial charge in [-0.3, -0.25) is 0 Å². The number of rotatable bonds is 0. The predicted molar refractivity (Wildman–Crippen MR) is 44.5 cm³/mol. The Balaban J connectivity index is 2.04. The van der Waals surface area contributed by atoms with Crippen LogP contribution in [0.25, 0.3) is 0 Å². The molecule has 0 aromatic carbocycles. The fraction of sp³-hybridized carbons (Fsp3) is 1.00. The molecule has 4 aliphatic carbocycles. The maximum absolute atomic E-state index is 10.2. The molecule has 0 aliphatic heterocycles. The van der Waals surface area contributed by atoms with Crippen molar-refractivity contribution in [1.29, 1.82) is 0 Å². The van der Waals surface area contributed by atoms with Gasteiger partial charge in [-0.15, -0.1) is 0 Å². The molecule has 0 heterocycles. The normalized spacial score (nSPS) is 67.8. The average Bonchev–Trinajstić information content (AvgIpc) is 2.27. The van der Waals surface area contributed by atoms with Crippen molar-refractivity contribution in [3.63, 3.8) is 0 Å². The molecule has 4 bridgehead atoms. The fourth-order valence-electron chi connectivity index (χ4n) is 4.04. The van der Waals surface area contributed by atoms with E-state index in [-0.39, 0.29) is 5.60 Å². The van der Waals surface area contributed by atoms with Crippen molar-refractivity contribution in [2.75, 3.05) is 0 Å². The molecule has 0 radical (unpaired) electrons. The Labute approximate surface area is 72.6 Å². The molecule has 0 amide bonds. The molecule has 0 aromatic rings. The zero-order chi connectivity index (χ0) is 8.56. The Hall–Kier alpha value is -0.0800. The molecule has 4 rings (SSSR count). The fourth-order valence-corrected chi connectivity index (χ4v) is 4.04. The molecule has 12 heavy (non-hydrogen) atoms. The van der Waals surface area contributed by atoms with Gasteiger partial charge < -0.3 is 10.2 Å². The third-order valence-electron chi connectivity index (χ3n) is 4.60. The molecule has 2 N–H and O–H groups in total. The van der Waals surface area contributed by atoms with Gasteiger partial charge in [-0.1, -0.05) is 0 Å². The van der Waals surface area contributed by atoms with E-state index in [2.05, 4.69) is 0 Å². The first-order valence-electron chi connectivity index (χ1n) is 4.96. The summed E-state index contributed by atoms with van der Waals surface area (Å²) in [5.41, 5.74) is -0.853. The maximum Gasteiger partial charge on any atom is 0.0680 e. The molecule has 4 saturated carbocycles. The molecule has 0 saturated heterocycles. The van der Waals surface area contributed by atoms with E-state index in [1.54, 1.807) is 0 Å². The van der Waals surface area contributed by atoms with Gasteiger partial charge in [0.15, 0.2) is 0 Å². The van der Waals surface area contributed by atoms with Crippen LogP contribution in [-0.4, -0.2) is 21.4 Å². The first kappa shape index (κ1) is 7.34. The lowest BCUT2D eigenvalue weighted by Crippen LogP contribution is -2.46. The van der Waals surface area contributed by atoms with Gasteiger partial charge in [-0.25, -0.2) is 0 Å². The SMILES string of the molecule is CC1(O)C2CC3CC(O)(C2)CC31. The van der Waals surface area contributed by atoms with Gasteiger partial charge in [0.2, 0.25) is 0 Å². The van der Waals surface area contributed by atoms with Crippen molar-refractivity contribution < 1.29 is 10.2 Å². The molecular formula is C10H16O2. The second kappa shape index (κ2) is 1.73. The third kappa shape index (κ3) is 0.647. The van der Waals surface area contributed by atoms with Gasteiger partial charge in [0.25, 0.3) is 0 Å². The molecule has 4 fully saturated rings. The highest BCUT2D eigenvalue weighted by Crippen LogP contribution is 2.63. The van der Waals surface area contributed by atoms with E-state index in [0.29, 0.717) is 17.8 Å². The van der Waals surface area contributed by atoms with Crippen molar-refractivity contribution in [3.8, 4) is 0 Å². The molecule has 5 atom stereocenters. The van der Waals surface area contributed by atoms with Crippen LogP contribution in [0.3, 0.4) is 0 Å². The van der Waals surface area contributed by atoms with Crippen molar-refractivity contribution in [2.24, 2.45) is 17.8 Å². The van der Waals surface area contributed by atoms with Gasteiger partial charge in [0.05, 0.1) is 11.2 Å². The Morgan fingerprint density at radius 2 is 1.92 bits per heavy atom. The van der Waals surface area contributed by atoms with E-state index in [1.807, 2.05) is 6.92 Å². The van der Waals surface area contributed by atoms with E-state index in [0.717, 1.165) is 25.7 Å². The minimum Gasteiger partial charge on any atom is -0.390 e. The van der Waals surface area contributed by atoms with Crippen LogP contribution in [0.2, 0.25) is 0 Å². The van der Waals surface area contributed by atoms with E-state index in [4.69, 9.17) is 0 Å². The van der Waals surface area contributed by atoms with Gasteiger partial charge in [0.1, 0.15) is 0 Å². The first-order valence-corrected chi connectivity index (χ1v) is 4.96. The Morgan fingerprint density at radius 1 is 1.17 bits per heavy atom. The van der Waals surface area contributed by atoms with Gasteiger partial charge in [-0.2, -0.15) is 0 Å². The van der Waals surface area contributed by atoms with Crippen LogP contribution in [0.1, 0.15) is 32.6 Å². The molecule has 68 valence electrons. The highest BCUT2D eigenvalue weighted by atomic mass is 16.3. The molecule has 0 aromatic heterocycles. The predicted octanol–water partition coefficient (Wildman–Crippen LogP) is 0.918. The minimum atomic E-state index is -0.465. The number of hydrogen-bond acceptors (Lipinski definition) is 2. The summed E-state index contributed by atoms with van der Waals surface area (Å²) in [4.78, 5) is 0. The number of aliphatic hydroxyl groups is 2. The zero-order valence-electron chi connectivity index (χ0n) is 7.45. The van der Waals surface area contributed by atoms with Crippen molar-refractivity contribution in [3.05, 3.63) is 0 Å². The van der Waals surface area contributed by atoms with E-state index in [1.165, 1.54) is 0 Å². The van der Waals surface area contributed by atoms with Crippen LogP contribution >= 0.6 is 0 Å². The van der Waals surface area contributed by atoms with Gasteiger partial charge >= 0.3 is 0 Å². The summed E-state index contributed by atoms with van der Waals surface area (Å²) in [5.74, 6) is 1.38. The number of hydrogen-bond donors (Lipinski definition) is 2. The summed E-state index contributed by atoms with van der Waals surface area (Å²) >= 11 is 0. The highest BCUT2D eigenvalue weighted by molar-refractivity contribution is 5.15. The van der Waals surface area contributed by atoms with Crippen LogP contribution in [-0.2, 0) is 0 Å². The van der Waals surface area contributed by atoms with E-state index in [9.17, 15) is 10.2 Å². The minimum absolute atomic E-state index is 0.375. The summed E-state index contributed by atoms with van der Waals surface area (Å²) in [6, 6.07) is 0. The summed E-state index contributed by atoms with van der Waals surface area (Å²) in [7, 11) is 0. The summed E-state index contributed by atoms with van der Waals surface area (Å²) in [6.45, 7) is 1.97. The van der Waals surface area contributed by atoms with Crippen LogP contribution in [0.4, 0.5) is 0 Å². The molecule has 0 spiro atoms. The maximum atomic E-state index is 10.2. The van der Waals surface area contributed by atoms with E-state index < -0.39 is 5.60 Å². The van der Waals surface area contributed by atoms with Gasteiger partial charge in [-0.05, 0) is 50.4 Å². The van der Waals surface area contributed by atoms with E-state index >= 15 is 0 Å². The van der Waals surface area contributed by atoms with Gasteiger partial charge in [0, 0.05) is 0 Å². The summed E-state index contributed by atoms with van der Waals surface area (Å²) in [6.07, 6.45) is 3.79. The van der Waals surface area contributed by atoms with Crippen LogP contribution in [0, 0.1) is 17.8 Å². The lowest BCUT2D eigenvalue weighted by atomic mass is 9.71. The Bertz CT molecular complexity index is 232. The average molecular weight is 168 g/mol. The first-order chi connectivity index (χ1) is 5.51. The smallest absolute Gasteiger partial charge is 0.0680 e. The quantitative estimate of drug-likeness (QED) is 0.564. The Morgan fingerprint density at radius 3 is 2.50 bits per heavy atom. The second-order valence-corrected chi connectivity index (χ2v) is 5.36. The summed E-state index contributed by atoms with van der Waals surface area (Å²) < 4.78 is 0. The molecule has 2 heteroatoms. The monoisotopic (exact) mass is 168 g/mol. The summed E-state index contributed by atoms with van der Waals surface area (Å²) in [5, 5.41) is 20.2. The lowest BCUT2D eigenvalue weighted by molar-refractivity contribution is -0.103. The lowest BCUT2D eigenvalue weighted by Gasteiger charge is -2.41. The molecule has 5 unspecified atom stereocenters. The van der Waals surface area contributed by atoms with Crippen LogP contribution < -0.4 is 0 Å². The van der Waals surface area contributed by atoms with Crippen molar-refractivity contribution in [2.45, 2.75) is 43.8 Å². The topological polar surface area (TPSA) is 40.5 Å². The second-order valence-electron chi connectivity index (χ2n) is 5.36.